The van der Waals surface area contributed by atoms with Crippen LogP contribution in [0, 0.1) is 0 Å². The maximum atomic E-state index is 11.1. The Hall–Kier alpha value is -2.11. The summed E-state index contributed by atoms with van der Waals surface area (Å²) in [5.41, 5.74) is -1.15. The molecule has 0 saturated carbocycles. The van der Waals surface area contributed by atoms with Crippen molar-refractivity contribution in [3.05, 3.63) is 39.2 Å². The van der Waals surface area contributed by atoms with Gasteiger partial charge in [0.25, 0.3) is 5.56 Å². The van der Waals surface area contributed by atoms with Crippen molar-refractivity contribution in [2.75, 3.05) is 0 Å². The lowest BCUT2D eigenvalue weighted by Crippen LogP contribution is -2.24. The molecule has 13 heavy (non-hydrogen) atoms. The summed E-state index contributed by atoms with van der Waals surface area (Å²) in [6.45, 7) is 0. The van der Waals surface area contributed by atoms with Gasteiger partial charge < -0.3 is 4.42 Å². The number of hydrogen-bond donors (Lipinski definition) is 2. The molecule has 0 radical (unpaired) electrons. The van der Waals surface area contributed by atoms with Crippen LogP contribution in [0.25, 0.3) is 11.5 Å². The van der Waals surface area contributed by atoms with E-state index in [9.17, 15) is 9.59 Å². The predicted molar refractivity (Wildman–Crippen MR) is 43.2 cm³/mol. The van der Waals surface area contributed by atoms with Gasteiger partial charge in [-0.25, -0.2) is 9.89 Å². The molecule has 0 fully saturated rings. The molecule has 6 nitrogen and oxygen atoms in total. The smallest absolute Gasteiger partial charge is 0.342 e. The lowest BCUT2D eigenvalue weighted by Gasteiger charge is -1.90. The van der Waals surface area contributed by atoms with Crippen molar-refractivity contribution in [1.82, 2.24) is 15.2 Å². The number of furan rings is 1. The Labute approximate surface area is 71.2 Å². The lowest BCUT2D eigenvalue weighted by molar-refractivity contribution is 0.576. The van der Waals surface area contributed by atoms with Crippen molar-refractivity contribution in [2.45, 2.75) is 0 Å². The zero-order valence-corrected chi connectivity index (χ0v) is 6.40. The summed E-state index contributed by atoms with van der Waals surface area (Å²) in [6, 6.07) is 3.21. The maximum absolute atomic E-state index is 11.1. The van der Waals surface area contributed by atoms with Crippen LogP contribution >= 0.6 is 0 Å². The zero-order valence-electron chi connectivity index (χ0n) is 6.40. The molecule has 0 amide bonds. The third-order valence-electron chi connectivity index (χ3n) is 1.47. The molecule has 6 heteroatoms. The summed E-state index contributed by atoms with van der Waals surface area (Å²) in [5, 5.41) is 5.65. The molecule has 2 aromatic rings. The highest BCUT2D eigenvalue weighted by molar-refractivity contribution is 5.48. The highest BCUT2D eigenvalue weighted by Gasteiger charge is 2.07. The van der Waals surface area contributed by atoms with Gasteiger partial charge in [0.1, 0.15) is 0 Å². The fraction of sp³-hybridized carbons (Fsp3) is 0. The number of H-pyrrole nitrogens is 2. The Morgan fingerprint density at radius 2 is 2.23 bits per heavy atom. The molecule has 2 heterocycles. The molecule has 2 rings (SSSR count). The highest BCUT2D eigenvalue weighted by Crippen LogP contribution is 2.10. The van der Waals surface area contributed by atoms with Gasteiger partial charge in [0.05, 0.1) is 6.26 Å². The molecule has 0 aromatic carbocycles. The number of rotatable bonds is 1. The Kier molecular flexibility index (Phi) is 1.59. The summed E-state index contributed by atoms with van der Waals surface area (Å²) in [5.74, 6) is 0.317. The van der Waals surface area contributed by atoms with Crippen molar-refractivity contribution in [2.24, 2.45) is 0 Å². The molecular formula is C7H5N3O3. The zero-order chi connectivity index (χ0) is 9.26. The number of aromatic nitrogens is 3. The van der Waals surface area contributed by atoms with Crippen LogP contribution in [0.15, 0.2) is 32.4 Å². The van der Waals surface area contributed by atoms with E-state index in [1.54, 1.807) is 12.1 Å². The molecular weight excluding hydrogens is 174 g/mol. The minimum Gasteiger partial charge on any atom is -0.462 e. The quantitative estimate of drug-likeness (QED) is 0.629. The summed E-state index contributed by atoms with van der Waals surface area (Å²) in [6.07, 6.45) is 1.42. The Balaban J connectivity index is 2.67. The van der Waals surface area contributed by atoms with Crippen LogP contribution in [-0.4, -0.2) is 15.2 Å². The Morgan fingerprint density at radius 3 is 2.85 bits per heavy atom. The average molecular weight is 179 g/mol. The molecule has 0 spiro atoms. The summed E-state index contributed by atoms with van der Waals surface area (Å²) in [4.78, 5) is 23.8. The Morgan fingerprint density at radius 1 is 1.38 bits per heavy atom. The molecule has 0 aliphatic rings. The second-order valence-electron chi connectivity index (χ2n) is 2.33. The summed E-state index contributed by atoms with van der Waals surface area (Å²) in [7, 11) is 0. The van der Waals surface area contributed by atoms with Crippen LogP contribution in [0.3, 0.4) is 0 Å². The minimum absolute atomic E-state index is 0.0598. The molecule has 66 valence electrons. The molecule has 0 aliphatic carbocycles. The van der Waals surface area contributed by atoms with Crippen LogP contribution in [0.1, 0.15) is 0 Å². The number of aromatic amines is 2. The van der Waals surface area contributed by atoms with Gasteiger partial charge in [-0.3, -0.25) is 9.78 Å². The maximum Gasteiger partial charge on any atom is 0.342 e. The molecule has 2 N–H and O–H groups in total. The van der Waals surface area contributed by atoms with Gasteiger partial charge in [-0.05, 0) is 12.1 Å². The van der Waals surface area contributed by atoms with E-state index in [-0.39, 0.29) is 5.69 Å². The first-order valence-electron chi connectivity index (χ1n) is 3.50. The first-order valence-corrected chi connectivity index (χ1v) is 3.50. The van der Waals surface area contributed by atoms with Crippen LogP contribution in [-0.2, 0) is 0 Å². The predicted octanol–water partition coefficient (Wildman–Crippen LogP) is -0.282. The lowest BCUT2D eigenvalue weighted by atomic mass is 10.3. The van der Waals surface area contributed by atoms with Crippen LogP contribution in [0.4, 0.5) is 0 Å². The number of hydrogen-bond acceptors (Lipinski definition) is 4. The third-order valence-corrected chi connectivity index (χ3v) is 1.47. The van der Waals surface area contributed by atoms with Gasteiger partial charge >= 0.3 is 5.69 Å². The van der Waals surface area contributed by atoms with Gasteiger partial charge in [-0.2, -0.15) is 5.10 Å². The van der Waals surface area contributed by atoms with E-state index >= 15 is 0 Å². The van der Waals surface area contributed by atoms with E-state index in [2.05, 4.69) is 10.2 Å². The van der Waals surface area contributed by atoms with E-state index in [1.165, 1.54) is 6.26 Å². The van der Waals surface area contributed by atoms with E-state index in [0.717, 1.165) is 0 Å². The van der Waals surface area contributed by atoms with Crippen molar-refractivity contribution >= 4 is 0 Å². The summed E-state index contributed by atoms with van der Waals surface area (Å²) < 4.78 is 4.94. The standard InChI is InChI=1S/C7H5N3O3/c11-6-5(4-2-1-3-13-4)9-10-7(12)8-6/h1-3H,(H2,8,10,11,12). The van der Waals surface area contributed by atoms with Gasteiger partial charge in [-0.1, -0.05) is 0 Å². The second kappa shape index (κ2) is 2.74. The van der Waals surface area contributed by atoms with Crippen molar-refractivity contribution < 1.29 is 4.42 Å². The fourth-order valence-electron chi connectivity index (χ4n) is 0.928. The normalized spacial score (nSPS) is 10.2. The van der Waals surface area contributed by atoms with Crippen LogP contribution < -0.4 is 11.2 Å². The van der Waals surface area contributed by atoms with Gasteiger partial charge in [-0.15, -0.1) is 0 Å². The van der Waals surface area contributed by atoms with E-state index in [1.807, 2.05) is 4.98 Å². The SMILES string of the molecule is O=c1[nH]nc(-c2ccco2)c(=O)[nH]1. The largest absolute Gasteiger partial charge is 0.462 e. The minimum atomic E-state index is -0.639. The monoisotopic (exact) mass is 179 g/mol. The van der Waals surface area contributed by atoms with Gasteiger partial charge in [0.15, 0.2) is 11.5 Å². The Bertz CT molecular complexity index is 508. The van der Waals surface area contributed by atoms with Crippen molar-refractivity contribution in [1.29, 1.82) is 0 Å². The molecule has 0 aliphatic heterocycles. The van der Waals surface area contributed by atoms with E-state index in [4.69, 9.17) is 4.42 Å². The average Bonchev–Trinajstić information content (AvgIpc) is 2.56. The fourth-order valence-corrected chi connectivity index (χ4v) is 0.928. The molecule has 0 atom stereocenters. The first-order chi connectivity index (χ1) is 6.27. The van der Waals surface area contributed by atoms with Crippen molar-refractivity contribution in [3.63, 3.8) is 0 Å². The van der Waals surface area contributed by atoms with Crippen molar-refractivity contribution in [3.8, 4) is 11.5 Å². The molecule has 0 unspecified atom stereocenters. The molecule has 0 bridgehead atoms. The topological polar surface area (TPSA) is 91.8 Å². The van der Waals surface area contributed by atoms with Crippen LogP contribution in [0.5, 0.6) is 0 Å². The number of nitrogens with one attached hydrogen (secondary N) is 2. The molecule has 2 aromatic heterocycles. The van der Waals surface area contributed by atoms with Gasteiger partial charge in [0, 0.05) is 0 Å². The van der Waals surface area contributed by atoms with E-state index in [0.29, 0.717) is 5.76 Å². The van der Waals surface area contributed by atoms with Crippen LogP contribution in [0.2, 0.25) is 0 Å². The second-order valence-corrected chi connectivity index (χ2v) is 2.33. The van der Waals surface area contributed by atoms with E-state index < -0.39 is 11.2 Å². The highest BCUT2D eigenvalue weighted by atomic mass is 16.3. The first kappa shape index (κ1) is 7.53. The van der Waals surface area contributed by atoms with Gasteiger partial charge in [0.2, 0.25) is 0 Å². The number of nitrogens with zero attached hydrogens (tertiary/aromatic N) is 1. The third kappa shape index (κ3) is 1.28. The molecule has 0 saturated heterocycles. The summed E-state index contributed by atoms with van der Waals surface area (Å²) >= 11 is 0.